The maximum atomic E-state index is 12.5. The van der Waals surface area contributed by atoms with Crippen molar-refractivity contribution in [2.75, 3.05) is 5.73 Å². The molecule has 1 aromatic heterocycles. The second-order valence-corrected chi connectivity index (χ2v) is 5.32. The van der Waals surface area contributed by atoms with E-state index in [-0.39, 0.29) is 27.1 Å². The van der Waals surface area contributed by atoms with Gasteiger partial charge in [-0.2, -0.15) is 0 Å². The van der Waals surface area contributed by atoms with Gasteiger partial charge < -0.3 is 15.7 Å². The van der Waals surface area contributed by atoms with Crippen LogP contribution in [0.15, 0.2) is 35.1 Å². The van der Waals surface area contributed by atoms with Gasteiger partial charge in [0.2, 0.25) is 0 Å². The Morgan fingerprint density at radius 1 is 1.05 bits per heavy atom. The van der Waals surface area contributed by atoms with E-state index in [0.29, 0.717) is 22.3 Å². The molecule has 0 aliphatic heterocycles. The summed E-state index contributed by atoms with van der Waals surface area (Å²) in [5, 5.41) is 0.370. The molecule has 1 heterocycles. The Kier molecular flexibility index (Phi) is 3.23. The first-order valence-corrected chi connectivity index (χ1v) is 6.72. The molecule has 7 heteroatoms. The lowest BCUT2D eigenvalue weighted by Crippen LogP contribution is -2.04. The number of aromatic nitrogens is 2. The van der Waals surface area contributed by atoms with Crippen molar-refractivity contribution in [1.29, 1.82) is 0 Å². The predicted molar refractivity (Wildman–Crippen MR) is 83.2 cm³/mol. The van der Waals surface area contributed by atoms with Gasteiger partial charge in [-0.3, -0.25) is 4.79 Å². The average Bonchev–Trinajstić information content (AvgIpc) is 2.81. The van der Waals surface area contributed by atoms with Crippen LogP contribution < -0.4 is 11.4 Å². The molecule has 2 aromatic carbocycles. The number of hydrogen-bond donors (Lipinski definition) is 3. The summed E-state index contributed by atoms with van der Waals surface area (Å²) >= 11 is 12.0. The van der Waals surface area contributed by atoms with Gasteiger partial charge in [-0.25, -0.2) is 4.79 Å². The van der Waals surface area contributed by atoms with E-state index in [1.54, 1.807) is 18.2 Å². The van der Waals surface area contributed by atoms with Crippen LogP contribution in [0.1, 0.15) is 15.9 Å². The van der Waals surface area contributed by atoms with Crippen molar-refractivity contribution in [3.63, 3.8) is 0 Å². The van der Waals surface area contributed by atoms with Crippen molar-refractivity contribution in [2.45, 2.75) is 0 Å². The van der Waals surface area contributed by atoms with Crippen LogP contribution in [0, 0.1) is 0 Å². The second kappa shape index (κ2) is 4.95. The molecule has 0 atom stereocenters. The molecule has 0 saturated carbocycles. The molecule has 0 aliphatic carbocycles. The van der Waals surface area contributed by atoms with Gasteiger partial charge in [0.15, 0.2) is 5.78 Å². The Labute approximate surface area is 128 Å². The Bertz CT molecular complexity index is 928. The van der Waals surface area contributed by atoms with E-state index in [2.05, 4.69) is 9.97 Å². The summed E-state index contributed by atoms with van der Waals surface area (Å²) in [5.74, 6) is -0.321. The Hall–Kier alpha value is -2.24. The van der Waals surface area contributed by atoms with Crippen LogP contribution in [0.25, 0.3) is 11.0 Å². The van der Waals surface area contributed by atoms with Gasteiger partial charge in [0.25, 0.3) is 0 Å². The molecule has 0 unspecified atom stereocenters. The first-order valence-electron chi connectivity index (χ1n) is 5.97. The first-order chi connectivity index (χ1) is 9.95. The lowest BCUT2D eigenvalue weighted by Gasteiger charge is -2.07. The van der Waals surface area contributed by atoms with Gasteiger partial charge >= 0.3 is 5.69 Å². The van der Waals surface area contributed by atoms with E-state index >= 15 is 0 Å². The minimum atomic E-state index is -0.334. The molecular weight excluding hydrogens is 313 g/mol. The number of imidazole rings is 1. The first kappa shape index (κ1) is 13.7. The summed E-state index contributed by atoms with van der Waals surface area (Å²) in [5.41, 5.74) is 7.46. The van der Waals surface area contributed by atoms with Crippen LogP contribution in [-0.4, -0.2) is 15.8 Å². The molecule has 0 bridgehead atoms. The monoisotopic (exact) mass is 321 g/mol. The fourth-order valence-corrected chi connectivity index (χ4v) is 2.53. The van der Waals surface area contributed by atoms with Gasteiger partial charge in [-0.05, 0) is 30.3 Å². The molecule has 3 rings (SSSR count). The fraction of sp³-hybridized carbons (Fsp3) is 0. The highest BCUT2D eigenvalue weighted by atomic mass is 35.5. The number of fused-ring (bicyclic) bond motifs is 1. The average molecular weight is 322 g/mol. The molecule has 0 fully saturated rings. The minimum Gasteiger partial charge on any atom is -0.399 e. The van der Waals surface area contributed by atoms with E-state index in [9.17, 15) is 9.59 Å². The molecule has 4 N–H and O–H groups in total. The number of ketones is 1. The number of H-pyrrole nitrogens is 2. The fourth-order valence-electron chi connectivity index (χ4n) is 2.10. The number of halogens is 2. The maximum absolute atomic E-state index is 12.5. The van der Waals surface area contributed by atoms with Crippen LogP contribution in [0.4, 0.5) is 5.69 Å². The molecular formula is C14H9Cl2N3O2. The van der Waals surface area contributed by atoms with E-state index in [4.69, 9.17) is 28.9 Å². The third-order valence-electron chi connectivity index (χ3n) is 3.07. The molecule has 0 amide bonds. The number of nitrogens with one attached hydrogen (secondary N) is 2. The molecule has 0 saturated heterocycles. The third-order valence-corrected chi connectivity index (χ3v) is 3.88. The molecule has 0 aliphatic rings. The predicted octanol–water partition coefficient (Wildman–Crippen LogP) is 2.98. The van der Waals surface area contributed by atoms with Crippen LogP contribution in [-0.2, 0) is 0 Å². The van der Waals surface area contributed by atoms with E-state index in [1.807, 2.05) is 0 Å². The summed E-state index contributed by atoms with van der Waals surface area (Å²) in [7, 11) is 0. The van der Waals surface area contributed by atoms with Crippen molar-refractivity contribution in [2.24, 2.45) is 0 Å². The molecule has 21 heavy (non-hydrogen) atoms. The highest BCUT2D eigenvalue weighted by Crippen LogP contribution is 2.30. The summed E-state index contributed by atoms with van der Waals surface area (Å²) in [6, 6.07) is 7.77. The van der Waals surface area contributed by atoms with Crippen molar-refractivity contribution in [3.05, 3.63) is 62.0 Å². The Balaban J connectivity index is 2.14. The number of rotatable bonds is 2. The van der Waals surface area contributed by atoms with Crippen LogP contribution in [0.2, 0.25) is 10.0 Å². The van der Waals surface area contributed by atoms with E-state index in [0.717, 1.165) is 0 Å². The Morgan fingerprint density at radius 3 is 2.52 bits per heavy atom. The van der Waals surface area contributed by atoms with Gasteiger partial charge in [-0.15, -0.1) is 0 Å². The van der Waals surface area contributed by atoms with Gasteiger partial charge in [-0.1, -0.05) is 23.2 Å². The lowest BCUT2D eigenvalue weighted by molar-refractivity contribution is 0.103. The zero-order valence-corrected chi connectivity index (χ0v) is 12.0. The number of hydrogen-bond acceptors (Lipinski definition) is 3. The number of nitrogen functional groups attached to an aromatic ring is 1. The highest BCUT2D eigenvalue weighted by molar-refractivity contribution is 6.44. The van der Waals surface area contributed by atoms with E-state index in [1.165, 1.54) is 12.1 Å². The highest BCUT2D eigenvalue weighted by Gasteiger charge is 2.16. The van der Waals surface area contributed by atoms with Crippen molar-refractivity contribution in [3.8, 4) is 0 Å². The topological polar surface area (TPSA) is 91.7 Å². The number of nitrogens with two attached hydrogens (primary N) is 1. The summed E-state index contributed by atoms with van der Waals surface area (Å²) in [4.78, 5) is 29.0. The smallest absolute Gasteiger partial charge is 0.323 e. The molecule has 106 valence electrons. The lowest BCUT2D eigenvalue weighted by atomic mass is 10.0. The molecule has 3 aromatic rings. The van der Waals surface area contributed by atoms with Gasteiger partial charge in [0.1, 0.15) is 0 Å². The maximum Gasteiger partial charge on any atom is 0.323 e. The number of anilines is 1. The summed E-state index contributed by atoms with van der Waals surface area (Å²) in [6.07, 6.45) is 0. The second-order valence-electron chi connectivity index (χ2n) is 4.53. The normalized spacial score (nSPS) is 11.0. The van der Waals surface area contributed by atoms with Crippen molar-refractivity contribution in [1.82, 2.24) is 9.97 Å². The Morgan fingerprint density at radius 2 is 1.76 bits per heavy atom. The molecule has 0 spiro atoms. The van der Waals surface area contributed by atoms with Crippen LogP contribution in [0.5, 0.6) is 0 Å². The van der Waals surface area contributed by atoms with E-state index < -0.39 is 0 Å². The quantitative estimate of drug-likeness (QED) is 0.500. The third kappa shape index (κ3) is 2.41. The largest absolute Gasteiger partial charge is 0.399 e. The van der Waals surface area contributed by atoms with Gasteiger partial charge in [0.05, 0.1) is 21.1 Å². The molecule has 5 nitrogen and oxygen atoms in total. The standard InChI is InChI=1S/C14H9Cl2N3O2/c15-9-5-7(17)4-8(12(9)16)13(20)6-1-2-10-11(3-6)19-14(21)18-10/h1-5H,17H2,(H2,18,19,21). The number of aromatic amines is 2. The van der Waals surface area contributed by atoms with Crippen molar-refractivity contribution < 1.29 is 4.79 Å². The van der Waals surface area contributed by atoms with Crippen LogP contribution in [0.3, 0.4) is 0 Å². The number of carbonyl (C=O) groups excluding carboxylic acids is 1. The van der Waals surface area contributed by atoms with Crippen LogP contribution >= 0.6 is 23.2 Å². The van der Waals surface area contributed by atoms with Gasteiger partial charge in [0, 0.05) is 16.8 Å². The zero-order chi connectivity index (χ0) is 15.1. The minimum absolute atomic E-state index is 0.151. The summed E-state index contributed by atoms with van der Waals surface area (Å²) < 4.78 is 0. The van der Waals surface area contributed by atoms with Crippen molar-refractivity contribution >= 4 is 45.7 Å². The number of benzene rings is 2. The SMILES string of the molecule is Nc1cc(Cl)c(Cl)c(C(=O)c2ccc3[nH]c(=O)[nH]c3c2)c1. The zero-order valence-electron chi connectivity index (χ0n) is 10.5. The molecule has 0 radical (unpaired) electrons. The summed E-state index contributed by atoms with van der Waals surface area (Å²) in [6.45, 7) is 0. The number of carbonyl (C=O) groups is 1.